The lowest BCUT2D eigenvalue weighted by molar-refractivity contribution is 0.0981. The number of pyridine rings is 2. The fourth-order valence-corrected chi connectivity index (χ4v) is 5.25. The second kappa shape index (κ2) is 11.8. The molecular weight excluding hydrogens is 504 g/mol. The van der Waals surface area contributed by atoms with Crippen molar-refractivity contribution in [2.24, 2.45) is 4.99 Å². The van der Waals surface area contributed by atoms with Crippen LogP contribution in [0.5, 0.6) is 0 Å². The van der Waals surface area contributed by atoms with Gasteiger partial charge in [0.05, 0.1) is 17.4 Å². The zero-order valence-electron chi connectivity index (χ0n) is 22.7. The summed E-state index contributed by atoms with van der Waals surface area (Å²) in [7, 11) is -4.25. The average Bonchev–Trinajstić information content (AvgIpc) is 3.19. The Morgan fingerprint density at radius 2 is 1.84 bits per heavy atom. The van der Waals surface area contributed by atoms with Crippen LogP contribution in [-0.2, 0) is 14.8 Å². The molecule has 1 amide bonds. The molecule has 10 nitrogen and oxygen atoms in total. The van der Waals surface area contributed by atoms with Crippen LogP contribution in [0.4, 0.5) is 11.6 Å². The third kappa shape index (κ3) is 6.58. The third-order valence-electron chi connectivity index (χ3n) is 6.39. The summed E-state index contributed by atoms with van der Waals surface area (Å²) in [6.07, 6.45) is 3.59. The fraction of sp³-hybridized carbons (Fsp3) is 0.407. The molecule has 3 N–H and O–H groups in total. The highest BCUT2D eigenvalue weighted by molar-refractivity contribution is 7.90. The van der Waals surface area contributed by atoms with E-state index in [1.807, 2.05) is 27.7 Å². The number of nitrogen functional groups attached to an aromatic ring is 1. The second-order valence-electron chi connectivity index (χ2n) is 9.70. The van der Waals surface area contributed by atoms with Crippen molar-refractivity contribution in [3.63, 3.8) is 0 Å². The summed E-state index contributed by atoms with van der Waals surface area (Å²) >= 11 is 0. The van der Waals surface area contributed by atoms with Crippen molar-refractivity contribution in [1.82, 2.24) is 14.7 Å². The number of anilines is 2. The number of carbonyl (C=O) groups is 1. The molecule has 1 aliphatic rings. The molecule has 3 rings (SSSR count). The zero-order valence-corrected chi connectivity index (χ0v) is 23.5. The molecule has 0 radical (unpaired) electrons. The van der Waals surface area contributed by atoms with E-state index in [9.17, 15) is 13.2 Å². The summed E-state index contributed by atoms with van der Waals surface area (Å²) in [4.78, 5) is 28.1. The lowest BCUT2D eigenvalue weighted by Gasteiger charge is -2.29. The molecule has 11 heteroatoms. The SMILES string of the molecule is C=N/C(=C\C(C)=C(/C)c1ccc(C(=O)NS(=O)(=O)c2cccc(N)n2)c(N2[C@H](C)CC[C@@H]2C)n1)OC(C)C. The van der Waals surface area contributed by atoms with Gasteiger partial charge in [-0.25, -0.2) is 19.7 Å². The van der Waals surface area contributed by atoms with Gasteiger partial charge in [-0.15, -0.1) is 0 Å². The van der Waals surface area contributed by atoms with Crippen molar-refractivity contribution in [2.45, 2.75) is 77.6 Å². The van der Waals surface area contributed by atoms with Crippen LogP contribution in [0.2, 0.25) is 0 Å². The molecule has 2 aromatic heterocycles. The quantitative estimate of drug-likeness (QED) is 0.272. The molecule has 1 fully saturated rings. The molecule has 0 aliphatic carbocycles. The van der Waals surface area contributed by atoms with E-state index in [1.54, 1.807) is 18.2 Å². The van der Waals surface area contributed by atoms with Crippen molar-refractivity contribution in [3.05, 3.63) is 59.1 Å². The molecule has 2 atom stereocenters. The molecule has 1 aliphatic heterocycles. The maximum absolute atomic E-state index is 13.3. The highest BCUT2D eigenvalue weighted by Gasteiger charge is 2.33. The molecule has 0 unspecified atom stereocenters. The van der Waals surface area contributed by atoms with Crippen LogP contribution in [-0.4, -0.2) is 49.2 Å². The number of allylic oxidation sites excluding steroid dienone is 3. The van der Waals surface area contributed by atoms with Crippen LogP contribution in [0.3, 0.4) is 0 Å². The van der Waals surface area contributed by atoms with Crippen molar-refractivity contribution in [2.75, 3.05) is 10.6 Å². The third-order valence-corrected chi connectivity index (χ3v) is 7.62. The van der Waals surface area contributed by atoms with E-state index in [0.29, 0.717) is 17.4 Å². The minimum Gasteiger partial charge on any atom is -0.475 e. The van der Waals surface area contributed by atoms with Crippen molar-refractivity contribution >= 4 is 39.9 Å². The summed E-state index contributed by atoms with van der Waals surface area (Å²) in [5.41, 5.74) is 8.14. The Bertz CT molecular complexity index is 1370. The van der Waals surface area contributed by atoms with E-state index >= 15 is 0 Å². The Kier molecular flexibility index (Phi) is 8.93. The van der Waals surface area contributed by atoms with Gasteiger partial charge in [0, 0.05) is 18.2 Å². The molecule has 204 valence electrons. The lowest BCUT2D eigenvalue weighted by Crippen LogP contribution is -2.37. The highest BCUT2D eigenvalue weighted by atomic mass is 32.2. The van der Waals surface area contributed by atoms with Gasteiger partial charge in [0.15, 0.2) is 5.03 Å². The molecule has 0 spiro atoms. The summed E-state index contributed by atoms with van der Waals surface area (Å²) in [5, 5.41) is -0.337. The number of aromatic nitrogens is 2. The monoisotopic (exact) mass is 540 g/mol. The second-order valence-corrected chi connectivity index (χ2v) is 11.3. The number of amides is 1. The normalized spacial score (nSPS) is 18.8. The summed E-state index contributed by atoms with van der Waals surface area (Å²) in [5.74, 6) is 0.0587. The van der Waals surface area contributed by atoms with Crippen molar-refractivity contribution in [3.8, 4) is 0 Å². The van der Waals surface area contributed by atoms with Crippen LogP contribution in [0, 0.1) is 0 Å². The minimum atomic E-state index is -4.25. The number of nitrogens with one attached hydrogen (secondary N) is 1. The average molecular weight is 541 g/mol. The molecule has 0 aromatic carbocycles. The maximum Gasteiger partial charge on any atom is 0.281 e. The Morgan fingerprint density at radius 3 is 2.42 bits per heavy atom. The number of aliphatic imine (C=N–C) groups is 1. The van der Waals surface area contributed by atoms with E-state index in [4.69, 9.17) is 15.5 Å². The van der Waals surface area contributed by atoms with E-state index in [0.717, 1.165) is 24.0 Å². The predicted octanol–water partition coefficient (Wildman–Crippen LogP) is 4.32. The van der Waals surface area contributed by atoms with Gasteiger partial charge in [0.1, 0.15) is 11.6 Å². The van der Waals surface area contributed by atoms with Crippen molar-refractivity contribution in [1.29, 1.82) is 0 Å². The summed E-state index contributed by atoms with van der Waals surface area (Å²) in [6, 6.07) is 7.74. The summed E-state index contributed by atoms with van der Waals surface area (Å²) < 4.78 is 33.6. The molecule has 2 aromatic rings. The molecule has 1 saturated heterocycles. The van der Waals surface area contributed by atoms with Gasteiger partial charge in [0.2, 0.25) is 5.88 Å². The number of sulfonamides is 1. The predicted molar refractivity (Wildman–Crippen MR) is 150 cm³/mol. The number of hydrogen-bond donors (Lipinski definition) is 2. The maximum atomic E-state index is 13.3. The lowest BCUT2D eigenvalue weighted by atomic mass is 10.1. The molecule has 0 saturated carbocycles. The Hall–Kier alpha value is -3.73. The van der Waals surface area contributed by atoms with Crippen LogP contribution < -0.4 is 15.4 Å². The van der Waals surface area contributed by atoms with Gasteiger partial charge < -0.3 is 15.4 Å². The van der Waals surface area contributed by atoms with Gasteiger partial charge in [-0.3, -0.25) is 4.79 Å². The first kappa shape index (κ1) is 28.8. The van der Waals surface area contributed by atoms with E-state index < -0.39 is 15.9 Å². The number of nitrogens with two attached hydrogens (primary N) is 1. The van der Waals surface area contributed by atoms with Crippen LogP contribution in [0.25, 0.3) is 5.57 Å². The highest BCUT2D eigenvalue weighted by Crippen LogP contribution is 2.33. The van der Waals surface area contributed by atoms with Crippen LogP contribution >= 0.6 is 0 Å². The van der Waals surface area contributed by atoms with Crippen molar-refractivity contribution < 1.29 is 17.9 Å². The Labute approximate surface area is 224 Å². The topological polar surface area (TPSA) is 140 Å². The first-order valence-electron chi connectivity index (χ1n) is 12.5. The van der Waals surface area contributed by atoms with Crippen LogP contribution in [0.15, 0.2) is 57.9 Å². The zero-order chi connectivity index (χ0) is 28.2. The molecule has 38 heavy (non-hydrogen) atoms. The van der Waals surface area contributed by atoms with E-state index in [-0.39, 0.29) is 34.6 Å². The van der Waals surface area contributed by atoms with Gasteiger partial charge in [-0.1, -0.05) is 6.07 Å². The smallest absolute Gasteiger partial charge is 0.281 e. The fourth-order valence-electron chi connectivity index (χ4n) is 4.31. The number of rotatable bonds is 9. The Morgan fingerprint density at radius 1 is 1.18 bits per heavy atom. The van der Waals surface area contributed by atoms with E-state index in [2.05, 4.69) is 40.2 Å². The number of ether oxygens (including phenoxy) is 1. The van der Waals surface area contributed by atoms with Gasteiger partial charge in [-0.05, 0) is 96.5 Å². The minimum absolute atomic E-state index is 0.0343. The Balaban J connectivity index is 2.06. The first-order valence-corrected chi connectivity index (χ1v) is 13.9. The molecular formula is C27H36N6O4S. The van der Waals surface area contributed by atoms with Gasteiger partial charge >= 0.3 is 0 Å². The summed E-state index contributed by atoms with van der Waals surface area (Å²) in [6.45, 7) is 15.4. The molecule has 3 heterocycles. The number of nitrogens with zero attached hydrogens (tertiary/aromatic N) is 4. The van der Waals surface area contributed by atoms with Gasteiger partial charge in [0.25, 0.3) is 15.9 Å². The number of carbonyl (C=O) groups excluding carboxylic acids is 1. The largest absolute Gasteiger partial charge is 0.475 e. The standard InChI is InChI=1S/C27H36N6O4S/c1-16(2)37-24(29-7)15-17(3)20(6)22-14-13-21(26(30-22)33-18(4)11-12-19(33)5)27(34)32-38(35,36)25-10-8-9-23(28)31-25/h8-10,13-16,18-19H,7,11-12H2,1-6H3,(H2,28,31)(H,32,34)/b20-17+,24-15+/t18-,19+. The first-order chi connectivity index (χ1) is 17.8. The number of hydrogen-bond acceptors (Lipinski definition) is 9. The molecule has 0 bridgehead atoms. The van der Waals surface area contributed by atoms with E-state index in [1.165, 1.54) is 18.2 Å². The van der Waals surface area contributed by atoms with Gasteiger partial charge in [-0.2, -0.15) is 8.42 Å². The van der Waals surface area contributed by atoms with Crippen LogP contribution in [0.1, 0.15) is 70.4 Å².